The fraction of sp³-hybridized carbons (Fsp3) is 0.0435. The predicted octanol–water partition coefficient (Wildman–Crippen LogP) is 6.63. The molecule has 0 fully saturated rings. The summed E-state index contributed by atoms with van der Waals surface area (Å²) in [7, 11) is 0. The van der Waals surface area contributed by atoms with E-state index in [2.05, 4.69) is 15.5 Å². The van der Waals surface area contributed by atoms with Gasteiger partial charge in [-0.15, -0.1) is 11.3 Å². The molecule has 0 unspecified atom stereocenters. The van der Waals surface area contributed by atoms with E-state index in [0.29, 0.717) is 21.5 Å². The molecule has 0 amide bonds. The Balaban J connectivity index is 1.43. The molecule has 4 nitrogen and oxygen atoms in total. The molecule has 7 heteroatoms. The van der Waals surface area contributed by atoms with Crippen LogP contribution in [-0.4, -0.2) is 11.2 Å². The molecule has 1 N–H and O–H groups in total. The minimum atomic E-state index is -0.395. The summed E-state index contributed by atoms with van der Waals surface area (Å²) in [6.45, 7) is 0.0245. The van der Waals surface area contributed by atoms with Crippen molar-refractivity contribution in [3.8, 4) is 17.0 Å². The Kier molecular flexibility index (Phi) is 6.37. The van der Waals surface area contributed by atoms with Gasteiger partial charge in [-0.3, -0.25) is 5.43 Å². The zero-order chi connectivity index (χ0) is 20.8. The molecule has 0 saturated heterocycles. The maximum absolute atomic E-state index is 14.0. The highest BCUT2D eigenvalue weighted by atomic mass is 35.5. The molecule has 3 aromatic carbocycles. The molecule has 1 heterocycles. The van der Waals surface area contributed by atoms with E-state index in [9.17, 15) is 4.39 Å². The second-order valence-electron chi connectivity index (χ2n) is 6.30. The van der Waals surface area contributed by atoms with Gasteiger partial charge in [0.25, 0.3) is 0 Å². The summed E-state index contributed by atoms with van der Waals surface area (Å²) < 4.78 is 19.8. The van der Waals surface area contributed by atoms with E-state index in [1.165, 1.54) is 17.4 Å². The van der Waals surface area contributed by atoms with E-state index in [0.717, 1.165) is 16.8 Å². The molecule has 1 aromatic heterocycles. The highest BCUT2D eigenvalue weighted by molar-refractivity contribution is 7.14. The monoisotopic (exact) mass is 437 g/mol. The Morgan fingerprint density at radius 1 is 1.03 bits per heavy atom. The zero-order valence-electron chi connectivity index (χ0n) is 15.8. The summed E-state index contributed by atoms with van der Waals surface area (Å²) in [5.41, 5.74) is 5.95. The van der Waals surface area contributed by atoms with Crippen molar-refractivity contribution in [2.45, 2.75) is 6.61 Å². The van der Waals surface area contributed by atoms with Gasteiger partial charge in [0, 0.05) is 22.1 Å². The summed E-state index contributed by atoms with van der Waals surface area (Å²) in [6, 6.07) is 21.9. The second-order valence-corrected chi connectivity index (χ2v) is 7.57. The summed E-state index contributed by atoms with van der Waals surface area (Å²) in [4.78, 5) is 4.54. The van der Waals surface area contributed by atoms with Crippen molar-refractivity contribution < 1.29 is 9.13 Å². The van der Waals surface area contributed by atoms with Crippen molar-refractivity contribution in [2.24, 2.45) is 5.10 Å². The van der Waals surface area contributed by atoms with E-state index in [1.54, 1.807) is 24.4 Å². The first-order valence-corrected chi connectivity index (χ1v) is 10.4. The number of benzene rings is 3. The number of nitrogens with one attached hydrogen (secondary N) is 1. The number of aromatic nitrogens is 1. The van der Waals surface area contributed by atoms with Crippen LogP contribution in [0, 0.1) is 5.82 Å². The molecular weight excluding hydrogens is 421 g/mol. The molecule has 0 aliphatic rings. The Morgan fingerprint density at radius 2 is 1.83 bits per heavy atom. The highest BCUT2D eigenvalue weighted by Gasteiger charge is 2.09. The van der Waals surface area contributed by atoms with Gasteiger partial charge >= 0.3 is 0 Å². The van der Waals surface area contributed by atoms with Crippen LogP contribution in [0.15, 0.2) is 83.3 Å². The number of halogens is 2. The predicted molar refractivity (Wildman–Crippen MR) is 121 cm³/mol. The van der Waals surface area contributed by atoms with Gasteiger partial charge in [0.2, 0.25) is 5.13 Å². The quantitative estimate of drug-likeness (QED) is 0.261. The number of thiazole rings is 1. The third-order valence-corrected chi connectivity index (χ3v) is 5.39. The summed E-state index contributed by atoms with van der Waals surface area (Å²) in [6.07, 6.45) is 1.64. The lowest BCUT2D eigenvalue weighted by Gasteiger charge is -2.10. The van der Waals surface area contributed by atoms with E-state index >= 15 is 0 Å². The third kappa shape index (κ3) is 4.84. The molecule has 30 heavy (non-hydrogen) atoms. The van der Waals surface area contributed by atoms with Crippen LogP contribution in [-0.2, 0) is 6.61 Å². The number of nitrogens with zero attached hydrogens (tertiary/aromatic N) is 2. The number of hydrogen-bond donors (Lipinski definition) is 1. The molecule has 0 saturated carbocycles. The van der Waals surface area contributed by atoms with Crippen LogP contribution in [0.5, 0.6) is 5.75 Å². The molecule has 0 bridgehead atoms. The van der Waals surface area contributed by atoms with Crippen molar-refractivity contribution in [1.29, 1.82) is 0 Å². The lowest BCUT2D eigenvalue weighted by Crippen LogP contribution is -2.02. The minimum absolute atomic E-state index is 0.0245. The Labute approximate surface area is 182 Å². The molecule has 0 radical (unpaired) electrons. The van der Waals surface area contributed by atoms with Crippen molar-refractivity contribution in [3.63, 3.8) is 0 Å². The van der Waals surface area contributed by atoms with Crippen molar-refractivity contribution in [1.82, 2.24) is 4.98 Å². The van der Waals surface area contributed by atoms with Gasteiger partial charge in [-0.1, -0.05) is 60.1 Å². The van der Waals surface area contributed by atoms with Crippen molar-refractivity contribution in [3.05, 3.63) is 100 Å². The molecule has 0 aliphatic carbocycles. The van der Waals surface area contributed by atoms with Crippen molar-refractivity contribution in [2.75, 3.05) is 5.43 Å². The van der Waals surface area contributed by atoms with Gasteiger partial charge in [0.15, 0.2) is 0 Å². The minimum Gasteiger partial charge on any atom is -0.488 e. The first-order chi connectivity index (χ1) is 14.7. The number of rotatable bonds is 7. The Hall–Kier alpha value is -3.22. The highest BCUT2D eigenvalue weighted by Crippen LogP contribution is 2.25. The Bertz CT molecular complexity index is 1140. The molecule has 0 spiro atoms. The van der Waals surface area contributed by atoms with E-state index < -0.39 is 5.82 Å². The number of ether oxygens (including phenoxy) is 1. The van der Waals surface area contributed by atoms with Crippen LogP contribution in [0.1, 0.15) is 11.1 Å². The molecule has 150 valence electrons. The van der Waals surface area contributed by atoms with Crippen LogP contribution in [0.4, 0.5) is 9.52 Å². The maximum Gasteiger partial charge on any atom is 0.203 e. The molecule has 0 aliphatic heterocycles. The lowest BCUT2D eigenvalue weighted by atomic mass is 10.2. The summed E-state index contributed by atoms with van der Waals surface area (Å²) in [5.74, 6) is 0.180. The SMILES string of the molecule is Fc1cccc(Cl)c1COc1ccccc1C=NNc1nc(-c2ccccc2)cs1. The average Bonchev–Trinajstić information content (AvgIpc) is 3.24. The van der Waals surface area contributed by atoms with Gasteiger partial charge in [0.05, 0.1) is 16.9 Å². The number of anilines is 1. The van der Waals surface area contributed by atoms with Gasteiger partial charge in [-0.05, 0) is 24.3 Å². The normalized spacial score (nSPS) is 11.0. The van der Waals surface area contributed by atoms with Gasteiger partial charge in [0.1, 0.15) is 18.2 Å². The first-order valence-electron chi connectivity index (χ1n) is 9.15. The van der Waals surface area contributed by atoms with E-state index in [1.807, 2.05) is 53.9 Å². The Morgan fingerprint density at radius 3 is 2.67 bits per heavy atom. The zero-order valence-corrected chi connectivity index (χ0v) is 17.3. The maximum atomic E-state index is 14.0. The smallest absolute Gasteiger partial charge is 0.203 e. The van der Waals surface area contributed by atoms with Gasteiger partial charge < -0.3 is 4.74 Å². The topological polar surface area (TPSA) is 46.5 Å². The number of para-hydroxylation sites is 1. The number of hydrazone groups is 1. The van der Waals surface area contributed by atoms with Crippen LogP contribution in [0.3, 0.4) is 0 Å². The summed E-state index contributed by atoms with van der Waals surface area (Å²) >= 11 is 7.54. The van der Waals surface area contributed by atoms with Crippen molar-refractivity contribution >= 4 is 34.3 Å². The van der Waals surface area contributed by atoms with Crippen LogP contribution < -0.4 is 10.2 Å². The van der Waals surface area contributed by atoms with Crippen LogP contribution in [0.25, 0.3) is 11.3 Å². The van der Waals surface area contributed by atoms with Gasteiger partial charge in [-0.2, -0.15) is 5.10 Å². The van der Waals surface area contributed by atoms with E-state index in [4.69, 9.17) is 16.3 Å². The fourth-order valence-corrected chi connectivity index (χ4v) is 3.65. The molecule has 4 aromatic rings. The van der Waals surface area contributed by atoms with E-state index in [-0.39, 0.29) is 6.61 Å². The average molecular weight is 438 g/mol. The number of hydrogen-bond acceptors (Lipinski definition) is 5. The molecular formula is C23H17ClFN3OS. The third-order valence-electron chi connectivity index (χ3n) is 4.29. The molecule has 4 rings (SSSR count). The first kappa shape index (κ1) is 20.1. The largest absolute Gasteiger partial charge is 0.488 e. The second kappa shape index (κ2) is 9.52. The van der Waals surface area contributed by atoms with Crippen LogP contribution in [0.2, 0.25) is 5.02 Å². The molecule has 0 atom stereocenters. The van der Waals surface area contributed by atoms with Crippen LogP contribution >= 0.6 is 22.9 Å². The summed E-state index contributed by atoms with van der Waals surface area (Å²) in [5, 5.41) is 7.25. The fourth-order valence-electron chi connectivity index (χ4n) is 2.76. The lowest BCUT2D eigenvalue weighted by molar-refractivity contribution is 0.299. The standard InChI is InChI=1S/C23H17ClFN3OS/c24-19-10-6-11-20(25)18(19)14-29-22-12-5-4-9-17(22)13-26-28-23-27-21(15-30-23)16-7-2-1-3-8-16/h1-13,15H,14H2,(H,27,28). The van der Waals surface area contributed by atoms with Gasteiger partial charge in [-0.25, -0.2) is 9.37 Å².